The van der Waals surface area contributed by atoms with Gasteiger partial charge in [0.25, 0.3) is 0 Å². The Morgan fingerprint density at radius 3 is 2.53 bits per heavy atom. The van der Waals surface area contributed by atoms with Gasteiger partial charge in [0.05, 0.1) is 13.2 Å². The Hall–Kier alpha value is -0.590. The van der Waals surface area contributed by atoms with E-state index in [1.54, 1.807) is 25.2 Å². The van der Waals surface area contributed by atoms with Crippen LogP contribution in [0.15, 0.2) is 16.8 Å². The van der Waals surface area contributed by atoms with Crippen LogP contribution in [0.25, 0.3) is 0 Å². The third kappa shape index (κ3) is 4.19. The molecule has 0 aliphatic heterocycles. The van der Waals surface area contributed by atoms with Crippen molar-refractivity contribution in [2.24, 2.45) is 0 Å². The van der Waals surface area contributed by atoms with Gasteiger partial charge in [-0.2, -0.15) is 11.3 Å². The van der Waals surface area contributed by atoms with Gasteiger partial charge in [0, 0.05) is 16.6 Å². The Balaban J connectivity index is 2.78. The van der Waals surface area contributed by atoms with Crippen LogP contribution in [0.5, 0.6) is 0 Å². The highest BCUT2D eigenvalue weighted by molar-refractivity contribution is 7.59. The molecule has 1 aromatic heterocycles. The number of hydrogen-bond acceptors (Lipinski definition) is 4. The van der Waals surface area contributed by atoms with Gasteiger partial charge in [0.15, 0.2) is 0 Å². The van der Waals surface area contributed by atoms with Crippen molar-refractivity contribution in [3.63, 3.8) is 0 Å². The monoisotopic (exact) mass is 244 g/mol. The second-order valence-electron chi connectivity index (χ2n) is 2.58. The van der Waals surface area contributed by atoms with E-state index in [1.165, 1.54) is 0 Å². The smallest absolute Gasteiger partial charge is 0.300 e. The van der Waals surface area contributed by atoms with E-state index in [4.69, 9.17) is 9.05 Å². The molecule has 3 nitrogen and oxygen atoms in total. The molecule has 1 heterocycles. The van der Waals surface area contributed by atoms with Crippen LogP contribution in [0.3, 0.4) is 0 Å². The Kier molecular flexibility index (Phi) is 5.07. The normalized spacial score (nSPS) is 10.8. The fourth-order valence-corrected chi connectivity index (χ4v) is 2.65. The molecule has 0 aromatic carbocycles. The van der Waals surface area contributed by atoms with Crippen LogP contribution in [0, 0.1) is 11.6 Å². The van der Waals surface area contributed by atoms with E-state index in [9.17, 15) is 4.57 Å². The molecule has 0 amide bonds. The van der Waals surface area contributed by atoms with Crippen molar-refractivity contribution in [1.82, 2.24) is 0 Å². The SMILES string of the molecule is CCOP(=O)(C#Cc1ccsc1)OCC. The molecule has 0 unspecified atom stereocenters. The molecule has 0 atom stereocenters. The maximum atomic E-state index is 11.9. The van der Waals surface area contributed by atoms with Gasteiger partial charge in [-0.25, -0.2) is 4.57 Å². The first kappa shape index (κ1) is 12.5. The van der Waals surface area contributed by atoms with Crippen LogP contribution in [0.2, 0.25) is 0 Å². The van der Waals surface area contributed by atoms with Crippen LogP contribution >= 0.6 is 18.9 Å². The molecule has 0 N–H and O–H groups in total. The summed E-state index contributed by atoms with van der Waals surface area (Å²) in [5.41, 5.74) is 3.40. The van der Waals surface area contributed by atoms with Gasteiger partial charge in [-0.3, -0.25) is 9.05 Å². The third-order valence-corrected chi connectivity index (χ3v) is 3.72. The predicted molar refractivity (Wildman–Crippen MR) is 62.1 cm³/mol. The molecule has 0 radical (unpaired) electrons. The zero-order chi connectivity index (χ0) is 11.1. The first-order valence-electron chi connectivity index (χ1n) is 4.64. The maximum Gasteiger partial charge on any atom is 0.405 e. The second kappa shape index (κ2) is 6.09. The van der Waals surface area contributed by atoms with E-state index in [0.717, 1.165) is 5.56 Å². The summed E-state index contributed by atoms with van der Waals surface area (Å²) in [6.45, 7) is 4.18. The summed E-state index contributed by atoms with van der Waals surface area (Å²) in [7, 11) is -3.22. The molecular weight excluding hydrogens is 231 g/mol. The van der Waals surface area contributed by atoms with Crippen molar-refractivity contribution in [3.05, 3.63) is 22.4 Å². The van der Waals surface area contributed by atoms with Gasteiger partial charge in [-0.1, -0.05) is 5.92 Å². The van der Waals surface area contributed by atoms with Crippen molar-refractivity contribution in [3.8, 4) is 11.6 Å². The molecular formula is C10H13O3PS. The molecule has 5 heteroatoms. The maximum absolute atomic E-state index is 11.9. The van der Waals surface area contributed by atoms with Crippen molar-refractivity contribution >= 4 is 18.9 Å². The number of hydrogen-bond donors (Lipinski definition) is 0. The largest absolute Gasteiger partial charge is 0.405 e. The molecule has 1 aromatic rings. The number of thiophene rings is 1. The summed E-state index contributed by atoms with van der Waals surface area (Å²) in [4.78, 5) is 0. The van der Waals surface area contributed by atoms with Crippen LogP contribution < -0.4 is 0 Å². The van der Waals surface area contributed by atoms with E-state index in [1.807, 2.05) is 16.8 Å². The van der Waals surface area contributed by atoms with E-state index < -0.39 is 7.60 Å². The minimum atomic E-state index is -3.22. The van der Waals surface area contributed by atoms with E-state index >= 15 is 0 Å². The molecule has 1 rings (SSSR count). The van der Waals surface area contributed by atoms with Crippen LogP contribution in [0.1, 0.15) is 19.4 Å². The fraction of sp³-hybridized carbons (Fsp3) is 0.400. The molecule has 0 saturated carbocycles. The zero-order valence-corrected chi connectivity index (χ0v) is 10.4. The van der Waals surface area contributed by atoms with E-state index in [-0.39, 0.29) is 0 Å². The van der Waals surface area contributed by atoms with Gasteiger partial charge in [-0.15, -0.1) is 0 Å². The topological polar surface area (TPSA) is 35.5 Å². The highest BCUT2D eigenvalue weighted by atomic mass is 32.1. The lowest BCUT2D eigenvalue weighted by Crippen LogP contribution is -1.92. The van der Waals surface area contributed by atoms with Crippen LogP contribution in [-0.4, -0.2) is 13.2 Å². The van der Waals surface area contributed by atoms with Gasteiger partial charge in [0.1, 0.15) is 0 Å². The van der Waals surface area contributed by atoms with Gasteiger partial charge in [0.2, 0.25) is 0 Å². The second-order valence-corrected chi connectivity index (χ2v) is 5.10. The highest BCUT2D eigenvalue weighted by Gasteiger charge is 2.19. The lowest BCUT2D eigenvalue weighted by Gasteiger charge is -2.09. The average molecular weight is 244 g/mol. The highest BCUT2D eigenvalue weighted by Crippen LogP contribution is 2.46. The van der Waals surface area contributed by atoms with Crippen molar-refractivity contribution in [2.75, 3.05) is 13.2 Å². The molecule has 0 bridgehead atoms. The predicted octanol–water partition coefficient (Wildman–Crippen LogP) is 3.32. The third-order valence-electron chi connectivity index (χ3n) is 1.46. The lowest BCUT2D eigenvalue weighted by molar-refractivity contribution is 0.230. The molecule has 82 valence electrons. The Labute approximate surface area is 94.0 Å². The van der Waals surface area contributed by atoms with Crippen molar-refractivity contribution in [1.29, 1.82) is 0 Å². The Morgan fingerprint density at radius 1 is 1.40 bits per heavy atom. The molecule has 0 fully saturated rings. The van der Waals surface area contributed by atoms with E-state index in [2.05, 4.69) is 11.6 Å². The zero-order valence-electron chi connectivity index (χ0n) is 8.73. The summed E-state index contributed by atoms with van der Waals surface area (Å²) in [5.74, 6) is 2.78. The summed E-state index contributed by atoms with van der Waals surface area (Å²) in [5, 5.41) is 3.80. The quantitative estimate of drug-likeness (QED) is 0.602. The molecule has 0 spiro atoms. The lowest BCUT2D eigenvalue weighted by atomic mass is 10.4. The summed E-state index contributed by atoms with van der Waals surface area (Å²) < 4.78 is 22.0. The van der Waals surface area contributed by atoms with Crippen molar-refractivity contribution < 1.29 is 13.6 Å². The van der Waals surface area contributed by atoms with Crippen molar-refractivity contribution in [2.45, 2.75) is 13.8 Å². The fourth-order valence-electron chi connectivity index (χ4n) is 0.910. The van der Waals surface area contributed by atoms with Crippen LogP contribution in [-0.2, 0) is 13.6 Å². The molecule has 0 saturated heterocycles. The summed E-state index contributed by atoms with van der Waals surface area (Å²) in [6, 6.07) is 1.86. The van der Waals surface area contributed by atoms with Gasteiger partial charge >= 0.3 is 7.60 Å². The average Bonchev–Trinajstić information content (AvgIpc) is 2.68. The van der Waals surface area contributed by atoms with Gasteiger partial charge in [-0.05, 0) is 25.3 Å². The minimum Gasteiger partial charge on any atom is -0.300 e. The summed E-state index contributed by atoms with van der Waals surface area (Å²) >= 11 is 1.54. The van der Waals surface area contributed by atoms with E-state index in [0.29, 0.717) is 13.2 Å². The molecule has 0 aliphatic carbocycles. The first-order valence-corrected chi connectivity index (χ1v) is 7.13. The number of rotatable bonds is 4. The minimum absolute atomic E-state index is 0.329. The molecule has 0 aliphatic rings. The Bertz CT molecular complexity index is 379. The summed E-state index contributed by atoms with van der Waals surface area (Å²) in [6.07, 6.45) is 0. The standard InChI is InChI=1S/C10H13O3PS/c1-3-12-14(11,13-4-2)7-5-10-6-8-15-9-10/h6,8-9H,3-4H2,1-2H3. The van der Waals surface area contributed by atoms with Crippen LogP contribution in [0.4, 0.5) is 0 Å². The Morgan fingerprint density at radius 2 is 2.07 bits per heavy atom. The van der Waals surface area contributed by atoms with Gasteiger partial charge < -0.3 is 0 Å². The first-order chi connectivity index (χ1) is 7.20. The molecule has 15 heavy (non-hydrogen) atoms.